The summed E-state index contributed by atoms with van der Waals surface area (Å²) in [7, 11) is 0. The molecule has 168 valence electrons. The summed E-state index contributed by atoms with van der Waals surface area (Å²) < 4.78 is 19.5. The minimum atomic E-state index is -0.934. The van der Waals surface area contributed by atoms with Crippen molar-refractivity contribution >= 4 is 50.8 Å². The van der Waals surface area contributed by atoms with Crippen molar-refractivity contribution in [2.75, 3.05) is 32.2 Å². The standard InChI is InChI=1S/C19H19BrN6O5S/c20-11-5-12-13(31-9-30-12)6-14(11)32-18-24-15-16(21)22-8-23-17(15)26(18)2-1-10-7-25(19(27)28)3-4-29-10/h5-6,8,10H,1-4,7,9H2,(H,27,28)(H2,21,22,23). The summed E-state index contributed by atoms with van der Waals surface area (Å²) in [5, 5.41) is 9.96. The molecule has 1 amide bonds. The quantitative estimate of drug-likeness (QED) is 0.514. The number of imidazole rings is 1. The molecule has 13 heteroatoms. The Morgan fingerprint density at radius 2 is 2.12 bits per heavy atom. The van der Waals surface area contributed by atoms with E-state index in [1.807, 2.05) is 16.7 Å². The van der Waals surface area contributed by atoms with Crippen molar-refractivity contribution in [2.45, 2.75) is 29.1 Å². The third-order valence-electron chi connectivity index (χ3n) is 5.24. The number of carboxylic acid groups (broad SMARTS) is 1. The van der Waals surface area contributed by atoms with Gasteiger partial charge in [0, 0.05) is 22.5 Å². The molecule has 1 unspecified atom stereocenters. The largest absolute Gasteiger partial charge is 0.465 e. The van der Waals surface area contributed by atoms with Gasteiger partial charge in [-0.3, -0.25) is 0 Å². The lowest BCUT2D eigenvalue weighted by Gasteiger charge is -2.31. The second kappa shape index (κ2) is 8.64. The van der Waals surface area contributed by atoms with Gasteiger partial charge in [-0.05, 0) is 34.5 Å². The van der Waals surface area contributed by atoms with Crippen LogP contribution in [0, 0.1) is 0 Å². The molecule has 5 rings (SSSR count). The van der Waals surface area contributed by atoms with Gasteiger partial charge in [-0.15, -0.1) is 0 Å². The number of amides is 1. The van der Waals surface area contributed by atoms with Crippen LogP contribution in [0.25, 0.3) is 11.2 Å². The highest BCUT2D eigenvalue weighted by molar-refractivity contribution is 9.10. The lowest BCUT2D eigenvalue weighted by molar-refractivity contribution is -0.0271. The number of morpholine rings is 1. The lowest BCUT2D eigenvalue weighted by atomic mass is 10.2. The first kappa shape index (κ1) is 21.1. The number of nitrogens with zero attached hydrogens (tertiary/aromatic N) is 5. The van der Waals surface area contributed by atoms with Gasteiger partial charge >= 0.3 is 6.09 Å². The molecule has 1 fully saturated rings. The number of benzene rings is 1. The third-order valence-corrected chi connectivity index (χ3v) is 7.21. The van der Waals surface area contributed by atoms with E-state index in [1.165, 1.54) is 23.0 Å². The average Bonchev–Trinajstić information content (AvgIpc) is 3.37. The minimum Gasteiger partial charge on any atom is -0.465 e. The summed E-state index contributed by atoms with van der Waals surface area (Å²) in [4.78, 5) is 26.7. The molecule has 0 spiro atoms. The van der Waals surface area contributed by atoms with E-state index in [9.17, 15) is 9.90 Å². The van der Waals surface area contributed by atoms with E-state index in [4.69, 9.17) is 19.9 Å². The van der Waals surface area contributed by atoms with Gasteiger partial charge < -0.3 is 34.5 Å². The summed E-state index contributed by atoms with van der Waals surface area (Å²) in [6, 6.07) is 3.76. The molecule has 4 heterocycles. The summed E-state index contributed by atoms with van der Waals surface area (Å²) in [6.07, 6.45) is 0.849. The number of fused-ring (bicyclic) bond motifs is 2. The molecule has 32 heavy (non-hydrogen) atoms. The Hall–Kier alpha value is -2.77. The number of nitrogens with two attached hydrogens (primary N) is 1. The van der Waals surface area contributed by atoms with Crippen LogP contribution in [0.1, 0.15) is 6.42 Å². The predicted molar refractivity (Wildman–Crippen MR) is 118 cm³/mol. The molecule has 2 aliphatic heterocycles. The number of anilines is 1. The van der Waals surface area contributed by atoms with Crippen molar-refractivity contribution in [3.8, 4) is 11.5 Å². The third kappa shape index (κ3) is 4.02. The molecule has 1 atom stereocenters. The van der Waals surface area contributed by atoms with Gasteiger partial charge in [0.1, 0.15) is 6.33 Å². The predicted octanol–water partition coefficient (Wildman–Crippen LogP) is 2.82. The number of hydrogen-bond donors (Lipinski definition) is 2. The molecule has 0 radical (unpaired) electrons. The zero-order valence-corrected chi connectivity index (χ0v) is 19.1. The highest BCUT2D eigenvalue weighted by Gasteiger charge is 2.25. The van der Waals surface area contributed by atoms with Crippen LogP contribution in [0.15, 0.2) is 33.0 Å². The van der Waals surface area contributed by atoms with Crippen molar-refractivity contribution in [1.82, 2.24) is 24.4 Å². The van der Waals surface area contributed by atoms with Gasteiger partial charge in [-0.25, -0.2) is 19.7 Å². The van der Waals surface area contributed by atoms with Crippen LogP contribution >= 0.6 is 27.7 Å². The minimum absolute atomic E-state index is 0.190. The van der Waals surface area contributed by atoms with Crippen molar-refractivity contribution in [3.05, 3.63) is 22.9 Å². The molecule has 2 aliphatic rings. The molecule has 1 saturated heterocycles. The van der Waals surface area contributed by atoms with Gasteiger partial charge in [0.15, 0.2) is 33.6 Å². The van der Waals surface area contributed by atoms with Crippen LogP contribution in [0.4, 0.5) is 10.6 Å². The number of aryl methyl sites for hydroxylation is 1. The fraction of sp³-hybridized carbons (Fsp3) is 0.368. The zero-order valence-electron chi connectivity index (χ0n) is 16.7. The normalized spacial score (nSPS) is 17.8. The second-order valence-corrected chi connectivity index (χ2v) is 9.09. The van der Waals surface area contributed by atoms with E-state index in [-0.39, 0.29) is 12.9 Å². The second-order valence-electron chi connectivity index (χ2n) is 7.23. The number of carbonyl (C=O) groups is 1. The fourth-order valence-corrected chi connectivity index (χ4v) is 5.14. The average molecular weight is 523 g/mol. The molecular weight excluding hydrogens is 504 g/mol. The van der Waals surface area contributed by atoms with Gasteiger partial charge in [0.25, 0.3) is 0 Å². The first-order valence-corrected chi connectivity index (χ1v) is 11.4. The van der Waals surface area contributed by atoms with E-state index in [1.54, 1.807) is 0 Å². The van der Waals surface area contributed by atoms with Gasteiger partial charge in [0.2, 0.25) is 6.79 Å². The van der Waals surface area contributed by atoms with Crippen molar-refractivity contribution in [1.29, 1.82) is 0 Å². The summed E-state index contributed by atoms with van der Waals surface area (Å²) >= 11 is 5.02. The Kier molecular flexibility index (Phi) is 5.69. The molecule has 3 N–H and O–H groups in total. The van der Waals surface area contributed by atoms with Gasteiger partial charge in [-0.2, -0.15) is 0 Å². The summed E-state index contributed by atoms with van der Waals surface area (Å²) in [6.45, 7) is 1.80. The molecular formula is C19H19BrN6O5S. The molecule has 1 aromatic carbocycles. The Labute approximate surface area is 195 Å². The van der Waals surface area contributed by atoms with Crippen LogP contribution in [-0.4, -0.2) is 68.2 Å². The number of aromatic nitrogens is 4. The Balaban J connectivity index is 1.44. The van der Waals surface area contributed by atoms with E-state index < -0.39 is 6.09 Å². The van der Waals surface area contributed by atoms with E-state index >= 15 is 0 Å². The fourth-order valence-electron chi connectivity index (χ4n) is 3.63. The van der Waals surface area contributed by atoms with E-state index in [2.05, 4.69) is 30.9 Å². The Morgan fingerprint density at radius 3 is 2.94 bits per heavy atom. The maximum absolute atomic E-state index is 11.3. The Morgan fingerprint density at radius 1 is 1.31 bits per heavy atom. The molecule has 3 aromatic rings. The number of nitrogen functional groups attached to an aromatic ring is 1. The topological polar surface area (TPSA) is 138 Å². The van der Waals surface area contributed by atoms with Crippen molar-refractivity contribution in [3.63, 3.8) is 0 Å². The summed E-state index contributed by atoms with van der Waals surface area (Å²) in [5.41, 5.74) is 7.18. The number of ether oxygens (including phenoxy) is 3. The highest BCUT2D eigenvalue weighted by atomic mass is 79.9. The van der Waals surface area contributed by atoms with Crippen LogP contribution in [0.3, 0.4) is 0 Å². The maximum Gasteiger partial charge on any atom is 0.407 e. The molecule has 11 nitrogen and oxygen atoms in total. The lowest BCUT2D eigenvalue weighted by Crippen LogP contribution is -2.45. The van der Waals surface area contributed by atoms with Crippen LogP contribution < -0.4 is 15.2 Å². The van der Waals surface area contributed by atoms with E-state index in [0.29, 0.717) is 66.3 Å². The number of halogens is 1. The van der Waals surface area contributed by atoms with Crippen LogP contribution in [0.5, 0.6) is 11.5 Å². The SMILES string of the molecule is Nc1ncnc2c1nc(Sc1cc3c(cc1Br)OCO3)n2CCC1CN(C(=O)O)CCO1. The van der Waals surface area contributed by atoms with Crippen LogP contribution in [-0.2, 0) is 11.3 Å². The molecule has 0 bridgehead atoms. The van der Waals surface area contributed by atoms with Crippen LogP contribution in [0.2, 0.25) is 0 Å². The van der Waals surface area contributed by atoms with Gasteiger partial charge in [0.05, 0.1) is 19.3 Å². The van der Waals surface area contributed by atoms with Gasteiger partial charge in [-0.1, -0.05) is 11.8 Å². The number of rotatable bonds is 5. The number of hydrogen-bond acceptors (Lipinski definition) is 9. The molecule has 0 aliphatic carbocycles. The first-order valence-electron chi connectivity index (χ1n) is 9.83. The van der Waals surface area contributed by atoms with Crippen molar-refractivity contribution in [2.24, 2.45) is 0 Å². The molecule has 0 saturated carbocycles. The molecule has 2 aromatic heterocycles. The monoisotopic (exact) mass is 522 g/mol. The Bertz CT molecular complexity index is 1190. The zero-order chi connectivity index (χ0) is 22.2. The first-order chi connectivity index (χ1) is 15.5. The highest BCUT2D eigenvalue weighted by Crippen LogP contribution is 2.43. The summed E-state index contributed by atoms with van der Waals surface area (Å²) in [5.74, 6) is 1.65. The van der Waals surface area contributed by atoms with Crippen molar-refractivity contribution < 1.29 is 24.1 Å². The maximum atomic E-state index is 11.3. The smallest absolute Gasteiger partial charge is 0.407 e. The van der Waals surface area contributed by atoms with E-state index in [0.717, 1.165) is 9.37 Å².